The molecule has 1 saturated heterocycles. The SMILES string of the molecule is COc1ccc(Cl)cc1NC(=O)C1CC(=O)N(Cc2ccncc2)C1. The van der Waals surface area contributed by atoms with E-state index in [-0.39, 0.29) is 18.2 Å². The minimum Gasteiger partial charge on any atom is -0.495 e. The highest BCUT2D eigenvalue weighted by Gasteiger charge is 2.34. The van der Waals surface area contributed by atoms with Crippen LogP contribution in [0.4, 0.5) is 5.69 Å². The zero-order valence-corrected chi connectivity index (χ0v) is 14.5. The van der Waals surface area contributed by atoms with Crippen LogP contribution in [0.25, 0.3) is 0 Å². The molecule has 0 spiro atoms. The van der Waals surface area contributed by atoms with Crippen LogP contribution in [0, 0.1) is 5.92 Å². The Bertz CT molecular complexity index is 782. The molecule has 7 heteroatoms. The van der Waals surface area contributed by atoms with Crippen molar-refractivity contribution in [2.75, 3.05) is 19.0 Å². The van der Waals surface area contributed by atoms with Crippen LogP contribution in [0.15, 0.2) is 42.7 Å². The maximum absolute atomic E-state index is 12.5. The lowest BCUT2D eigenvalue weighted by Crippen LogP contribution is -2.28. The number of methoxy groups -OCH3 is 1. The molecule has 2 heterocycles. The molecule has 25 heavy (non-hydrogen) atoms. The van der Waals surface area contributed by atoms with Gasteiger partial charge in [-0.2, -0.15) is 0 Å². The lowest BCUT2D eigenvalue weighted by molar-refractivity contribution is -0.128. The first kappa shape index (κ1) is 17.2. The van der Waals surface area contributed by atoms with E-state index in [1.807, 2.05) is 12.1 Å². The minimum atomic E-state index is -0.405. The molecule has 130 valence electrons. The maximum Gasteiger partial charge on any atom is 0.229 e. The number of pyridine rings is 1. The molecule has 0 radical (unpaired) electrons. The summed E-state index contributed by atoms with van der Waals surface area (Å²) >= 11 is 5.98. The molecule has 1 N–H and O–H groups in total. The van der Waals surface area contributed by atoms with Gasteiger partial charge in [-0.05, 0) is 35.9 Å². The van der Waals surface area contributed by atoms with Crippen molar-refractivity contribution in [2.24, 2.45) is 5.92 Å². The van der Waals surface area contributed by atoms with E-state index < -0.39 is 5.92 Å². The third-order valence-electron chi connectivity index (χ3n) is 4.13. The number of ether oxygens (including phenoxy) is 1. The summed E-state index contributed by atoms with van der Waals surface area (Å²) in [4.78, 5) is 30.4. The highest BCUT2D eigenvalue weighted by atomic mass is 35.5. The van der Waals surface area contributed by atoms with Gasteiger partial charge in [0.15, 0.2) is 0 Å². The zero-order chi connectivity index (χ0) is 17.8. The third-order valence-corrected chi connectivity index (χ3v) is 4.36. The van der Waals surface area contributed by atoms with Crippen LogP contribution in [-0.4, -0.2) is 35.4 Å². The van der Waals surface area contributed by atoms with E-state index in [1.165, 1.54) is 7.11 Å². The predicted octanol–water partition coefficient (Wildman–Crippen LogP) is 2.73. The van der Waals surface area contributed by atoms with Gasteiger partial charge in [-0.1, -0.05) is 11.6 Å². The molecule has 2 amide bonds. The summed E-state index contributed by atoms with van der Waals surface area (Å²) in [5.41, 5.74) is 1.49. The van der Waals surface area contributed by atoms with Crippen LogP contribution in [0.5, 0.6) is 5.75 Å². The Morgan fingerprint density at radius 1 is 1.36 bits per heavy atom. The second kappa shape index (κ2) is 7.53. The predicted molar refractivity (Wildman–Crippen MR) is 94.4 cm³/mol. The van der Waals surface area contributed by atoms with Gasteiger partial charge in [0.1, 0.15) is 5.75 Å². The van der Waals surface area contributed by atoms with E-state index >= 15 is 0 Å². The van der Waals surface area contributed by atoms with Crippen LogP contribution in [0.2, 0.25) is 5.02 Å². The Kier molecular flexibility index (Phi) is 5.19. The number of carbonyl (C=O) groups excluding carboxylic acids is 2. The summed E-state index contributed by atoms with van der Waals surface area (Å²) in [5.74, 6) is -0.130. The number of aromatic nitrogens is 1. The Morgan fingerprint density at radius 2 is 2.12 bits per heavy atom. The number of hydrogen-bond donors (Lipinski definition) is 1. The topological polar surface area (TPSA) is 71.5 Å². The number of carbonyl (C=O) groups is 2. The molecule has 3 rings (SSSR count). The first-order chi connectivity index (χ1) is 12.1. The summed E-state index contributed by atoms with van der Waals surface area (Å²) in [6.45, 7) is 0.863. The Balaban J connectivity index is 1.66. The zero-order valence-electron chi connectivity index (χ0n) is 13.7. The van der Waals surface area contributed by atoms with Crippen molar-refractivity contribution in [3.05, 3.63) is 53.3 Å². The molecule has 1 aromatic carbocycles. The van der Waals surface area contributed by atoms with E-state index in [2.05, 4.69) is 10.3 Å². The van der Waals surface area contributed by atoms with Crippen LogP contribution < -0.4 is 10.1 Å². The molecule has 0 saturated carbocycles. The first-order valence-corrected chi connectivity index (χ1v) is 8.25. The fourth-order valence-corrected chi connectivity index (χ4v) is 2.99. The van der Waals surface area contributed by atoms with Crippen molar-refractivity contribution in [2.45, 2.75) is 13.0 Å². The van der Waals surface area contributed by atoms with Crippen molar-refractivity contribution in [1.29, 1.82) is 0 Å². The highest BCUT2D eigenvalue weighted by Crippen LogP contribution is 2.29. The van der Waals surface area contributed by atoms with E-state index in [9.17, 15) is 9.59 Å². The van der Waals surface area contributed by atoms with Gasteiger partial charge in [0.25, 0.3) is 0 Å². The van der Waals surface area contributed by atoms with Gasteiger partial charge >= 0.3 is 0 Å². The van der Waals surface area contributed by atoms with Crippen molar-refractivity contribution < 1.29 is 14.3 Å². The van der Waals surface area contributed by atoms with Gasteiger partial charge < -0.3 is 15.0 Å². The average Bonchev–Trinajstić information content (AvgIpc) is 2.97. The number of amides is 2. The number of hydrogen-bond acceptors (Lipinski definition) is 4. The van der Waals surface area contributed by atoms with Crippen molar-refractivity contribution in [3.8, 4) is 5.75 Å². The average molecular weight is 360 g/mol. The molecule has 1 aromatic heterocycles. The summed E-state index contributed by atoms with van der Waals surface area (Å²) in [6.07, 6.45) is 3.57. The summed E-state index contributed by atoms with van der Waals surface area (Å²) < 4.78 is 5.23. The molecule has 2 aromatic rings. The monoisotopic (exact) mass is 359 g/mol. The van der Waals surface area contributed by atoms with Gasteiger partial charge in [-0.15, -0.1) is 0 Å². The van der Waals surface area contributed by atoms with E-state index in [4.69, 9.17) is 16.3 Å². The number of nitrogens with zero attached hydrogens (tertiary/aromatic N) is 2. The molecule has 1 unspecified atom stereocenters. The van der Waals surface area contributed by atoms with Gasteiger partial charge in [0.2, 0.25) is 11.8 Å². The lowest BCUT2D eigenvalue weighted by Gasteiger charge is -2.17. The van der Waals surface area contributed by atoms with E-state index in [0.29, 0.717) is 29.5 Å². The van der Waals surface area contributed by atoms with Crippen LogP contribution >= 0.6 is 11.6 Å². The fraction of sp³-hybridized carbons (Fsp3) is 0.278. The molecule has 1 atom stereocenters. The normalized spacial score (nSPS) is 16.8. The molecule has 6 nitrogen and oxygen atoms in total. The number of rotatable bonds is 5. The number of halogens is 1. The molecular weight excluding hydrogens is 342 g/mol. The molecular formula is C18H18ClN3O3. The second-order valence-electron chi connectivity index (χ2n) is 5.86. The van der Waals surface area contributed by atoms with Gasteiger partial charge in [0.05, 0.1) is 18.7 Å². The maximum atomic E-state index is 12.5. The number of likely N-dealkylation sites (tertiary alicyclic amines) is 1. The summed E-state index contributed by atoms with van der Waals surface area (Å²) in [7, 11) is 1.52. The molecule has 0 aliphatic carbocycles. The van der Waals surface area contributed by atoms with Crippen LogP contribution in [-0.2, 0) is 16.1 Å². The Morgan fingerprint density at radius 3 is 2.84 bits per heavy atom. The largest absolute Gasteiger partial charge is 0.495 e. The molecule has 0 bridgehead atoms. The number of benzene rings is 1. The standard InChI is InChI=1S/C18H18ClN3O3/c1-25-16-3-2-14(19)9-15(16)21-18(24)13-8-17(23)22(11-13)10-12-4-6-20-7-5-12/h2-7,9,13H,8,10-11H2,1H3,(H,21,24). The van der Waals surface area contributed by atoms with Crippen molar-refractivity contribution in [3.63, 3.8) is 0 Å². The lowest BCUT2D eigenvalue weighted by atomic mass is 10.1. The van der Waals surface area contributed by atoms with Crippen LogP contribution in [0.1, 0.15) is 12.0 Å². The van der Waals surface area contributed by atoms with Crippen molar-refractivity contribution >= 4 is 29.1 Å². The van der Waals surface area contributed by atoms with Crippen LogP contribution in [0.3, 0.4) is 0 Å². The number of anilines is 1. The quantitative estimate of drug-likeness (QED) is 0.891. The third kappa shape index (κ3) is 4.09. The highest BCUT2D eigenvalue weighted by molar-refractivity contribution is 6.31. The van der Waals surface area contributed by atoms with Gasteiger partial charge in [0, 0.05) is 36.9 Å². The van der Waals surface area contributed by atoms with Gasteiger partial charge in [-0.25, -0.2) is 0 Å². The smallest absolute Gasteiger partial charge is 0.229 e. The molecule has 1 aliphatic rings. The number of nitrogens with one attached hydrogen (secondary N) is 1. The summed E-state index contributed by atoms with van der Waals surface area (Å²) in [5, 5.41) is 3.31. The Labute approximate surface area is 150 Å². The first-order valence-electron chi connectivity index (χ1n) is 7.88. The molecule has 1 fully saturated rings. The van der Waals surface area contributed by atoms with Gasteiger partial charge in [-0.3, -0.25) is 14.6 Å². The van der Waals surface area contributed by atoms with E-state index in [0.717, 1.165) is 5.56 Å². The fourth-order valence-electron chi connectivity index (χ4n) is 2.82. The summed E-state index contributed by atoms with van der Waals surface area (Å²) in [6, 6.07) is 8.72. The molecule has 1 aliphatic heterocycles. The van der Waals surface area contributed by atoms with Crippen molar-refractivity contribution in [1.82, 2.24) is 9.88 Å². The Hall–Kier alpha value is -2.60. The minimum absolute atomic E-state index is 0.0324. The second-order valence-corrected chi connectivity index (χ2v) is 6.30. The van der Waals surface area contributed by atoms with E-state index in [1.54, 1.807) is 35.5 Å².